The van der Waals surface area contributed by atoms with Crippen molar-refractivity contribution in [2.45, 2.75) is 135 Å². The lowest BCUT2D eigenvalue weighted by atomic mass is 10.0. The second kappa shape index (κ2) is 24.3. The number of carbonyl (C=O) groups excluding carboxylic acids is 2. The number of unbranched alkanes of at least 4 members (excludes halogenated alkanes) is 16. The number of amides is 2. The van der Waals surface area contributed by atoms with Crippen molar-refractivity contribution in [2.24, 2.45) is 0 Å². The minimum Gasteiger partial charge on any atom is -0.494 e. The Morgan fingerprint density at radius 2 is 1.43 bits per heavy atom. The number of aryl methyl sites for hydroxylation is 1. The zero-order valence-electron chi connectivity index (χ0n) is 33.3. The van der Waals surface area contributed by atoms with Gasteiger partial charge in [-0.3, -0.25) is 14.6 Å². The molecule has 298 valence electrons. The maximum absolute atomic E-state index is 12.9. The lowest BCUT2D eigenvalue weighted by Crippen LogP contribution is -2.46. The Morgan fingerprint density at radius 3 is 2.13 bits per heavy atom. The SMILES string of the molecule is CCCCCCCCCCCCCCCCCCNC(=O)OCN1C(=O)CCc2ccc(OCCCCN3CCN(c4cccc5sccc45)CC3)cc21. The van der Waals surface area contributed by atoms with E-state index >= 15 is 0 Å². The minimum absolute atomic E-state index is 0.0302. The van der Waals surface area contributed by atoms with Gasteiger partial charge in [-0.05, 0) is 67.4 Å². The number of piperazine rings is 1. The van der Waals surface area contributed by atoms with Gasteiger partial charge < -0.3 is 19.7 Å². The van der Waals surface area contributed by atoms with Crippen LogP contribution in [0.5, 0.6) is 5.75 Å². The molecule has 0 atom stereocenters. The van der Waals surface area contributed by atoms with Gasteiger partial charge in [0.05, 0.1) is 12.3 Å². The van der Waals surface area contributed by atoms with Crippen LogP contribution in [0.1, 0.15) is 134 Å². The number of carbonyl (C=O) groups is 2. The fourth-order valence-electron chi connectivity index (χ4n) is 7.88. The van der Waals surface area contributed by atoms with Gasteiger partial charge in [0, 0.05) is 61.0 Å². The Kier molecular flexibility index (Phi) is 18.8. The number of alkyl carbamates (subject to hydrolysis) is 1. The second-order valence-corrected chi connectivity index (χ2v) is 16.3. The molecule has 0 radical (unpaired) electrons. The van der Waals surface area contributed by atoms with E-state index in [0.717, 1.165) is 75.4 Å². The maximum atomic E-state index is 12.9. The molecule has 1 fully saturated rings. The minimum atomic E-state index is -0.468. The number of hydrogen-bond donors (Lipinski definition) is 1. The average molecular weight is 761 g/mol. The summed E-state index contributed by atoms with van der Waals surface area (Å²) < 4.78 is 13.0. The summed E-state index contributed by atoms with van der Waals surface area (Å²) in [7, 11) is 0. The smallest absolute Gasteiger partial charge is 0.408 e. The molecule has 1 saturated heterocycles. The van der Waals surface area contributed by atoms with Gasteiger partial charge in [0.1, 0.15) is 5.75 Å². The van der Waals surface area contributed by atoms with E-state index in [1.165, 1.54) is 106 Å². The highest BCUT2D eigenvalue weighted by Gasteiger charge is 2.26. The number of anilines is 2. The van der Waals surface area contributed by atoms with Crippen molar-refractivity contribution in [3.05, 3.63) is 53.4 Å². The van der Waals surface area contributed by atoms with E-state index in [1.807, 2.05) is 29.5 Å². The molecule has 0 aliphatic carbocycles. The molecule has 2 aliphatic rings. The third-order valence-corrected chi connectivity index (χ3v) is 12.1. The summed E-state index contributed by atoms with van der Waals surface area (Å²) in [4.78, 5) is 32.0. The van der Waals surface area contributed by atoms with E-state index in [4.69, 9.17) is 9.47 Å². The molecule has 3 aromatic rings. The largest absolute Gasteiger partial charge is 0.494 e. The number of ether oxygens (including phenoxy) is 2. The van der Waals surface area contributed by atoms with Crippen LogP contribution in [0.4, 0.5) is 16.2 Å². The van der Waals surface area contributed by atoms with Crippen molar-refractivity contribution in [1.29, 1.82) is 0 Å². The third-order valence-electron chi connectivity index (χ3n) is 11.2. The summed E-state index contributed by atoms with van der Waals surface area (Å²) in [5.41, 5.74) is 3.22. The van der Waals surface area contributed by atoms with Gasteiger partial charge in [0.15, 0.2) is 6.73 Å². The zero-order valence-corrected chi connectivity index (χ0v) is 34.1. The van der Waals surface area contributed by atoms with E-state index < -0.39 is 6.09 Å². The van der Waals surface area contributed by atoms with Gasteiger partial charge in [0.25, 0.3) is 0 Å². The summed E-state index contributed by atoms with van der Waals surface area (Å²) in [5, 5.41) is 6.43. The number of hydrogen-bond acceptors (Lipinski definition) is 7. The van der Waals surface area contributed by atoms with Gasteiger partial charge >= 0.3 is 6.09 Å². The van der Waals surface area contributed by atoms with Crippen molar-refractivity contribution in [2.75, 3.05) is 62.4 Å². The summed E-state index contributed by atoms with van der Waals surface area (Å²) in [6.07, 6.45) is 23.9. The first-order chi connectivity index (χ1) is 26.6. The van der Waals surface area contributed by atoms with Crippen LogP contribution in [0.3, 0.4) is 0 Å². The van der Waals surface area contributed by atoms with Crippen molar-refractivity contribution < 1.29 is 19.1 Å². The summed E-state index contributed by atoms with van der Waals surface area (Å²) in [5.74, 6) is 0.718. The van der Waals surface area contributed by atoms with Crippen molar-refractivity contribution in [1.82, 2.24) is 10.2 Å². The fourth-order valence-corrected chi connectivity index (χ4v) is 8.69. The second-order valence-electron chi connectivity index (χ2n) is 15.4. The molecule has 8 nitrogen and oxygen atoms in total. The topological polar surface area (TPSA) is 74.3 Å². The quantitative estimate of drug-likeness (QED) is 0.0822. The molecule has 5 rings (SSSR count). The monoisotopic (exact) mass is 760 g/mol. The Labute approximate surface area is 329 Å². The van der Waals surface area contributed by atoms with E-state index in [1.54, 1.807) is 4.90 Å². The Balaban J connectivity index is 0.884. The normalized spacial score (nSPS) is 14.8. The first-order valence-corrected chi connectivity index (χ1v) is 22.4. The third kappa shape index (κ3) is 14.1. The number of thiophene rings is 1. The standard InChI is InChI=1S/C45H68N4O4S/c1-2-3-4-5-6-7-8-9-10-11-12-13-14-15-16-17-28-46-45(51)53-37-49-42-36-39(25-23-38(42)24-26-44(49)50)52-34-19-18-29-47-30-32-48(33-31-47)41-21-20-22-43-40(41)27-35-54-43/h20-23,25,27,35-36H,2-19,24,26,28-34,37H2,1H3,(H,46,51). The van der Waals surface area contributed by atoms with Gasteiger partial charge in [-0.1, -0.05) is 115 Å². The molecule has 0 saturated carbocycles. The first-order valence-electron chi connectivity index (χ1n) is 21.5. The van der Waals surface area contributed by atoms with Gasteiger partial charge in [0.2, 0.25) is 5.91 Å². The molecule has 1 N–H and O–H groups in total. The van der Waals surface area contributed by atoms with E-state index in [2.05, 4.69) is 51.7 Å². The first kappa shape index (κ1) is 41.9. The van der Waals surface area contributed by atoms with E-state index in [0.29, 0.717) is 26.0 Å². The summed E-state index contributed by atoms with van der Waals surface area (Å²) >= 11 is 1.81. The van der Waals surface area contributed by atoms with Crippen LogP contribution in [0.15, 0.2) is 47.8 Å². The highest BCUT2D eigenvalue weighted by atomic mass is 32.1. The number of rotatable bonds is 26. The predicted octanol–water partition coefficient (Wildman–Crippen LogP) is 11.1. The van der Waals surface area contributed by atoms with Gasteiger partial charge in [-0.25, -0.2) is 4.79 Å². The van der Waals surface area contributed by atoms with Gasteiger partial charge in [-0.15, -0.1) is 11.3 Å². The molecular formula is C45H68N4O4S. The van der Waals surface area contributed by atoms with Crippen LogP contribution in [0, 0.1) is 0 Å². The average Bonchev–Trinajstić information content (AvgIpc) is 3.68. The zero-order chi connectivity index (χ0) is 37.6. The van der Waals surface area contributed by atoms with Gasteiger partial charge in [-0.2, -0.15) is 0 Å². The number of nitrogens with one attached hydrogen (secondary N) is 1. The predicted molar refractivity (Wildman–Crippen MR) is 226 cm³/mol. The van der Waals surface area contributed by atoms with Crippen LogP contribution in [0.2, 0.25) is 0 Å². The summed E-state index contributed by atoms with van der Waals surface area (Å²) in [6.45, 7) is 8.77. The van der Waals surface area contributed by atoms with Crippen LogP contribution in [-0.2, 0) is 16.0 Å². The lowest BCUT2D eigenvalue weighted by Gasteiger charge is -2.36. The Morgan fingerprint density at radius 1 is 0.741 bits per heavy atom. The molecular weight excluding hydrogens is 693 g/mol. The number of fused-ring (bicyclic) bond motifs is 2. The number of benzene rings is 2. The molecule has 1 aromatic heterocycles. The highest BCUT2D eigenvalue weighted by molar-refractivity contribution is 7.17. The highest BCUT2D eigenvalue weighted by Crippen LogP contribution is 2.33. The molecule has 2 amide bonds. The molecule has 0 unspecified atom stereocenters. The van der Waals surface area contributed by atoms with Crippen molar-refractivity contribution in [3.63, 3.8) is 0 Å². The van der Waals surface area contributed by atoms with Crippen LogP contribution >= 0.6 is 11.3 Å². The number of nitrogens with zero attached hydrogens (tertiary/aromatic N) is 3. The fraction of sp³-hybridized carbons (Fsp3) is 0.644. The molecule has 0 bridgehead atoms. The van der Waals surface area contributed by atoms with Crippen LogP contribution in [-0.4, -0.2) is 69.5 Å². The van der Waals surface area contributed by atoms with Crippen molar-refractivity contribution in [3.8, 4) is 5.75 Å². The Bertz CT molecular complexity index is 1520. The maximum Gasteiger partial charge on any atom is 0.408 e. The van der Waals surface area contributed by atoms with Crippen LogP contribution in [0.25, 0.3) is 10.1 Å². The molecule has 3 heterocycles. The lowest BCUT2D eigenvalue weighted by molar-refractivity contribution is -0.119. The van der Waals surface area contributed by atoms with E-state index in [-0.39, 0.29) is 12.6 Å². The molecule has 2 aromatic carbocycles. The summed E-state index contributed by atoms with van der Waals surface area (Å²) in [6, 6.07) is 14.8. The van der Waals surface area contributed by atoms with Crippen molar-refractivity contribution >= 4 is 44.8 Å². The molecule has 2 aliphatic heterocycles. The van der Waals surface area contributed by atoms with E-state index in [9.17, 15) is 9.59 Å². The molecule has 9 heteroatoms. The molecule has 54 heavy (non-hydrogen) atoms. The Hall–Kier alpha value is -3.30. The molecule has 0 spiro atoms. The van der Waals surface area contributed by atoms with Crippen LogP contribution < -0.4 is 19.9 Å².